The third-order valence-corrected chi connectivity index (χ3v) is 2.81. The van der Waals surface area contributed by atoms with Gasteiger partial charge in [-0.15, -0.1) is 0 Å². The van der Waals surface area contributed by atoms with Crippen molar-refractivity contribution in [1.29, 1.82) is 0 Å². The van der Waals surface area contributed by atoms with Crippen molar-refractivity contribution in [2.75, 3.05) is 5.32 Å². The lowest BCUT2D eigenvalue weighted by molar-refractivity contribution is 0.255. The van der Waals surface area contributed by atoms with Crippen LogP contribution in [0.2, 0.25) is 0 Å². The van der Waals surface area contributed by atoms with E-state index in [1.54, 1.807) is 6.20 Å². The second-order valence-corrected chi connectivity index (χ2v) is 4.07. The van der Waals surface area contributed by atoms with Gasteiger partial charge in [-0.3, -0.25) is 0 Å². The molecule has 0 aliphatic heterocycles. The van der Waals surface area contributed by atoms with E-state index in [4.69, 9.17) is 0 Å². The largest absolute Gasteiger partial charge is 0.323 e. The molecule has 0 atom stereocenters. The van der Waals surface area contributed by atoms with Crippen LogP contribution in [0.4, 0.5) is 10.5 Å². The van der Waals surface area contributed by atoms with E-state index < -0.39 is 0 Å². The molecule has 0 heterocycles. The maximum Gasteiger partial charge on any atom is 0.323 e. The minimum Gasteiger partial charge on any atom is -0.315 e. The topological polar surface area (TPSA) is 41.1 Å². The van der Waals surface area contributed by atoms with Gasteiger partial charge in [0.1, 0.15) is 0 Å². The summed E-state index contributed by atoms with van der Waals surface area (Å²) in [5, 5.41) is 5.64. The van der Waals surface area contributed by atoms with E-state index in [2.05, 4.69) is 36.6 Å². The molecule has 0 unspecified atom stereocenters. The number of benzene rings is 1. The number of rotatable bonds is 5. The molecule has 0 radical (unpaired) electrons. The van der Waals surface area contributed by atoms with Crippen molar-refractivity contribution in [2.45, 2.75) is 40.0 Å². The highest BCUT2D eigenvalue weighted by Gasteiger charge is 2.08. The molecule has 98 valence electrons. The number of amides is 2. The van der Waals surface area contributed by atoms with E-state index in [1.807, 2.05) is 19.1 Å². The molecular formula is C15H22N2O. The molecule has 0 spiro atoms. The van der Waals surface area contributed by atoms with Gasteiger partial charge in [0, 0.05) is 11.9 Å². The predicted molar refractivity (Wildman–Crippen MR) is 76.8 cm³/mol. The first-order valence-corrected chi connectivity index (χ1v) is 6.56. The molecule has 18 heavy (non-hydrogen) atoms. The Balaban J connectivity index is 2.82. The van der Waals surface area contributed by atoms with E-state index in [1.165, 1.54) is 11.1 Å². The highest BCUT2D eigenvalue weighted by Crippen LogP contribution is 2.22. The summed E-state index contributed by atoms with van der Waals surface area (Å²) < 4.78 is 0. The van der Waals surface area contributed by atoms with Gasteiger partial charge < -0.3 is 10.6 Å². The van der Waals surface area contributed by atoms with Gasteiger partial charge in [-0.05, 0) is 30.4 Å². The lowest BCUT2D eigenvalue weighted by atomic mass is 10.0. The van der Waals surface area contributed by atoms with E-state index in [-0.39, 0.29) is 6.03 Å². The predicted octanol–water partition coefficient (Wildman–Crippen LogP) is 3.86. The summed E-state index contributed by atoms with van der Waals surface area (Å²) in [6, 6.07) is 5.96. The van der Waals surface area contributed by atoms with Crippen LogP contribution in [0.15, 0.2) is 30.5 Å². The second-order valence-electron chi connectivity index (χ2n) is 4.07. The number of allylic oxidation sites excluding steroid dienone is 1. The summed E-state index contributed by atoms with van der Waals surface area (Å²) in [4.78, 5) is 11.8. The summed E-state index contributed by atoms with van der Waals surface area (Å²) in [7, 11) is 0. The third kappa shape index (κ3) is 3.91. The maximum atomic E-state index is 11.8. The molecule has 0 fully saturated rings. The zero-order chi connectivity index (χ0) is 13.4. The van der Waals surface area contributed by atoms with Crippen LogP contribution >= 0.6 is 0 Å². The van der Waals surface area contributed by atoms with Gasteiger partial charge in [0.15, 0.2) is 0 Å². The average molecular weight is 246 g/mol. The lowest BCUT2D eigenvalue weighted by Gasteiger charge is -2.14. The molecule has 1 rings (SSSR count). The van der Waals surface area contributed by atoms with E-state index in [9.17, 15) is 4.79 Å². The summed E-state index contributed by atoms with van der Waals surface area (Å²) in [5.74, 6) is 0. The Morgan fingerprint density at radius 3 is 2.28 bits per heavy atom. The van der Waals surface area contributed by atoms with E-state index in [0.717, 1.165) is 24.9 Å². The fraction of sp³-hybridized carbons (Fsp3) is 0.400. The van der Waals surface area contributed by atoms with Gasteiger partial charge in [-0.1, -0.05) is 45.0 Å². The second kappa shape index (κ2) is 7.54. The van der Waals surface area contributed by atoms with Gasteiger partial charge in [0.2, 0.25) is 0 Å². The summed E-state index contributed by atoms with van der Waals surface area (Å²) in [5.41, 5.74) is 3.29. The molecule has 2 N–H and O–H groups in total. The Hall–Kier alpha value is -1.77. The lowest BCUT2D eigenvalue weighted by Crippen LogP contribution is -2.25. The molecular weight excluding hydrogens is 224 g/mol. The molecule has 1 aromatic carbocycles. The summed E-state index contributed by atoms with van der Waals surface area (Å²) >= 11 is 0. The highest BCUT2D eigenvalue weighted by atomic mass is 16.2. The molecule has 0 aliphatic rings. The number of anilines is 1. The molecule has 3 heteroatoms. The number of nitrogens with one attached hydrogen (secondary N) is 2. The van der Waals surface area contributed by atoms with E-state index in [0.29, 0.717) is 0 Å². The number of aryl methyl sites for hydroxylation is 2. The van der Waals surface area contributed by atoms with E-state index >= 15 is 0 Å². The van der Waals surface area contributed by atoms with Crippen molar-refractivity contribution in [3.8, 4) is 0 Å². The summed E-state index contributed by atoms with van der Waals surface area (Å²) in [6.07, 6.45) is 6.32. The van der Waals surface area contributed by atoms with Crippen molar-refractivity contribution < 1.29 is 4.79 Å². The van der Waals surface area contributed by atoms with Gasteiger partial charge in [0.05, 0.1) is 0 Å². The molecule has 2 amide bonds. The van der Waals surface area contributed by atoms with Gasteiger partial charge in [0.25, 0.3) is 0 Å². The van der Waals surface area contributed by atoms with Crippen molar-refractivity contribution in [1.82, 2.24) is 5.32 Å². The van der Waals surface area contributed by atoms with Crippen molar-refractivity contribution >= 4 is 11.7 Å². The molecule has 0 saturated heterocycles. The Bertz CT molecular complexity index is 402. The molecule has 0 bridgehead atoms. The Kier molecular flexibility index (Phi) is 5.98. The molecule has 0 aliphatic carbocycles. The van der Waals surface area contributed by atoms with Gasteiger partial charge in [-0.25, -0.2) is 4.79 Å². The quantitative estimate of drug-likeness (QED) is 0.814. The van der Waals surface area contributed by atoms with Crippen molar-refractivity contribution in [3.63, 3.8) is 0 Å². The monoisotopic (exact) mass is 246 g/mol. The normalized spacial score (nSPS) is 10.6. The number of hydrogen-bond donors (Lipinski definition) is 2. The van der Waals surface area contributed by atoms with Crippen LogP contribution < -0.4 is 10.6 Å². The van der Waals surface area contributed by atoms with Crippen molar-refractivity contribution in [3.05, 3.63) is 41.6 Å². The van der Waals surface area contributed by atoms with Crippen LogP contribution in [-0.2, 0) is 12.8 Å². The zero-order valence-electron chi connectivity index (χ0n) is 11.4. The first-order chi connectivity index (χ1) is 8.72. The standard InChI is InChI=1S/C15H22N2O/c1-4-7-11-16-15(18)17-14-12(5-2)9-8-10-13(14)6-3/h7-11H,4-6H2,1-3H3,(H2,16,17,18)/b11-7+. The molecule has 0 saturated carbocycles. The maximum absolute atomic E-state index is 11.8. The van der Waals surface area contributed by atoms with Crippen molar-refractivity contribution in [2.24, 2.45) is 0 Å². The first kappa shape index (κ1) is 14.3. The Morgan fingerprint density at radius 2 is 1.78 bits per heavy atom. The average Bonchev–Trinajstić information content (AvgIpc) is 2.39. The van der Waals surface area contributed by atoms with Crippen LogP contribution in [0, 0.1) is 0 Å². The molecule has 3 nitrogen and oxygen atoms in total. The summed E-state index contributed by atoms with van der Waals surface area (Å²) in [6.45, 7) is 6.21. The van der Waals surface area contributed by atoms with Crippen LogP contribution in [0.5, 0.6) is 0 Å². The number of carbonyl (C=O) groups is 1. The Morgan fingerprint density at radius 1 is 1.17 bits per heavy atom. The minimum absolute atomic E-state index is 0.185. The Labute approximate surface area is 109 Å². The molecule has 1 aromatic rings. The third-order valence-electron chi connectivity index (χ3n) is 2.81. The SMILES string of the molecule is CC/C=C/NC(=O)Nc1c(CC)cccc1CC. The number of carbonyl (C=O) groups excluding carboxylic acids is 1. The number of hydrogen-bond acceptors (Lipinski definition) is 1. The van der Waals surface area contributed by atoms with Crippen LogP contribution in [0.3, 0.4) is 0 Å². The zero-order valence-corrected chi connectivity index (χ0v) is 11.4. The fourth-order valence-electron chi connectivity index (χ4n) is 1.81. The number of urea groups is 1. The van der Waals surface area contributed by atoms with Crippen LogP contribution in [-0.4, -0.2) is 6.03 Å². The van der Waals surface area contributed by atoms with Gasteiger partial charge >= 0.3 is 6.03 Å². The van der Waals surface area contributed by atoms with Crippen LogP contribution in [0.25, 0.3) is 0 Å². The fourth-order valence-corrected chi connectivity index (χ4v) is 1.81. The first-order valence-electron chi connectivity index (χ1n) is 6.56. The highest BCUT2D eigenvalue weighted by molar-refractivity contribution is 5.91. The van der Waals surface area contributed by atoms with Crippen LogP contribution in [0.1, 0.15) is 38.3 Å². The minimum atomic E-state index is -0.185. The van der Waals surface area contributed by atoms with Gasteiger partial charge in [-0.2, -0.15) is 0 Å². The smallest absolute Gasteiger partial charge is 0.315 e. The molecule has 0 aromatic heterocycles. The number of para-hydroxylation sites is 1.